The quantitative estimate of drug-likeness (QED) is 0.257. The number of hydrogen-bond donors (Lipinski definition) is 2. The maximum absolute atomic E-state index is 12.4. The van der Waals surface area contributed by atoms with Crippen molar-refractivity contribution in [3.8, 4) is 11.4 Å². The Kier molecular flexibility index (Phi) is 8.10. The SMILES string of the molecule is COCC(=O)Nc1cc(N2C(=S)NC(c3ccccn3)C2c2cc(C)n(-c3cccc(C)c3C)c2C)ccc1OC. The van der Waals surface area contributed by atoms with E-state index in [0.717, 1.165) is 34.0 Å². The topological polar surface area (TPSA) is 80.7 Å². The van der Waals surface area contributed by atoms with Crippen LogP contribution in [0, 0.1) is 27.7 Å². The molecule has 5 rings (SSSR count). The number of carbonyl (C=O) groups is 1. The summed E-state index contributed by atoms with van der Waals surface area (Å²) in [5.41, 5.74) is 9.28. The van der Waals surface area contributed by atoms with E-state index in [0.29, 0.717) is 16.5 Å². The molecule has 2 N–H and O–H groups in total. The zero-order chi connectivity index (χ0) is 29.3. The van der Waals surface area contributed by atoms with Crippen molar-refractivity contribution in [3.63, 3.8) is 0 Å². The van der Waals surface area contributed by atoms with Crippen molar-refractivity contribution >= 4 is 34.6 Å². The van der Waals surface area contributed by atoms with Crippen molar-refractivity contribution in [2.75, 3.05) is 31.0 Å². The molecule has 2 atom stereocenters. The highest BCUT2D eigenvalue weighted by Crippen LogP contribution is 2.45. The highest BCUT2D eigenvalue weighted by Gasteiger charge is 2.42. The Morgan fingerprint density at radius 3 is 2.56 bits per heavy atom. The minimum Gasteiger partial charge on any atom is -0.495 e. The molecule has 0 radical (unpaired) electrons. The van der Waals surface area contributed by atoms with E-state index in [1.54, 1.807) is 13.3 Å². The predicted molar refractivity (Wildman–Crippen MR) is 166 cm³/mol. The van der Waals surface area contributed by atoms with Crippen LogP contribution in [-0.2, 0) is 9.53 Å². The van der Waals surface area contributed by atoms with E-state index < -0.39 is 0 Å². The lowest BCUT2D eigenvalue weighted by Gasteiger charge is -2.29. The summed E-state index contributed by atoms with van der Waals surface area (Å²) in [7, 11) is 3.06. The Labute approximate surface area is 246 Å². The Hall–Kier alpha value is -4.21. The van der Waals surface area contributed by atoms with Gasteiger partial charge in [-0.2, -0.15) is 0 Å². The van der Waals surface area contributed by atoms with Gasteiger partial charge in [0.05, 0.1) is 30.6 Å². The summed E-state index contributed by atoms with van der Waals surface area (Å²) in [4.78, 5) is 19.2. The largest absolute Gasteiger partial charge is 0.495 e. The number of methoxy groups -OCH3 is 2. The minimum absolute atomic E-state index is 0.0637. The van der Waals surface area contributed by atoms with Gasteiger partial charge < -0.3 is 29.6 Å². The lowest BCUT2D eigenvalue weighted by Crippen LogP contribution is -2.29. The Morgan fingerprint density at radius 2 is 1.85 bits per heavy atom. The number of nitrogens with zero attached hydrogens (tertiary/aromatic N) is 3. The molecule has 41 heavy (non-hydrogen) atoms. The molecule has 0 aliphatic carbocycles. The number of rotatable bonds is 8. The summed E-state index contributed by atoms with van der Waals surface area (Å²) in [6.07, 6.45) is 1.80. The average molecular weight is 570 g/mol. The fourth-order valence-corrected chi connectivity index (χ4v) is 5.99. The van der Waals surface area contributed by atoms with Crippen LogP contribution >= 0.6 is 12.2 Å². The van der Waals surface area contributed by atoms with Gasteiger partial charge in [-0.25, -0.2) is 0 Å². The van der Waals surface area contributed by atoms with Crippen molar-refractivity contribution in [1.82, 2.24) is 14.9 Å². The standard InChI is InChI=1S/C32H35N5O3S/c1-19-10-9-12-27(21(19)3)36-20(2)16-24(22(36)4)31-30(25-11-7-8-15-33-25)35-32(41)37(31)23-13-14-28(40-6)26(17-23)34-29(38)18-39-5/h7-17,30-31H,18H2,1-6H3,(H,34,38)(H,35,41). The molecule has 1 aliphatic rings. The van der Waals surface area contributed by atoms with Crippen LogP contribution in [0.15, 0.2) is 66.9 Å². The molecule has 9 heteroatoms. The highest BCUT2D eigenvalue weighted by atomic mass is 32.1. The fourth-order valence-electron chi connectivity index (χ4n) is 5.65. The first kappa shape index (κ1) is 28.3. The minimum atomic E-state index is -0.273. The van der Waals surface area contributed by atoms with E-state index in [4.69, 9.17) is 26.7 Å². The molecule has 0 saturated carbocycles. The highest BCUT2D eigenvalue weighted by molar-refractivity contribution is 7.80. The monoisotopic (exact) mass is 569 g/mol. The number of nitrogens with one attached hydrogen (secondary N) is 2. The van der Waals surface area contributed by atoms with Gasteiger partial charge in [0.15, 0.2) is 5.11 Å². The number of aryl methyl sites for hydroxylation is 2. The van der Waals surface area contributed by atoms with Crippen molar-refractivity contribution in [2.24, 2.45) is 0 Å². The Balaban J connectivity index is 1.67. The maximum atomic E-state index is 12.4. The van der Waals surface area contributed by atoms with Crippen LogP contribution in [0.5, 0.6) is 5.75 Å². The number of ether oxygens (including phenoxy) is 2. The lowest BCUT2D eigenvalue weighted by atomic mass is 9.96. The molecule has 1 saturated heterocycles. The third kappa shape index (κ3) is 5.30. The second kappa shape index (κ2) is 11.7. The first-order chi connectivity index (χ1) is 19.7. The number of aromatic nitrogens is 2. The number of amides is 1. The molecule has 8 nitrogen and oxygen atoms in total. The molecule has 1 amide bonds. The number of carbonyl (C=O) groups excluding carboxylic acids is 1. The van der Waals surface area contributed by atoms with Gasteiger partial charge in [0.2, 0.25) is 5.91 Å². The van der Waals surface area contributed by atoms with Gasteiger partial charge in [0, 0.05) is 36.1 Å². The average Bonchev–Trinajstić information content (AvgIpc) is 3.45. The Morgan fingerprint density at radius 1 is 1.05 bits per heavy atom. The van der Waals surface area contributed by atoms with Crippen LogP contribution in [0.4, 0.5) is 11.4 Å². The smallest absolute Gasteiger partial charge is 0.250 e. The van der Waals surface area contributed by atoms with E-state index in [1.807, 2.05) is 36.4 Å². The fraction of sp³-hybridized carbons (Fsp3) is 0.281. The first-order valence-corrected chi connectivity index (χ1v) is 13.9. The maximum Gasteiger partial charge on any atom is 0.250 e. The summed E-state index contributed by atoms with van der Waals surface area (Å²) in [5.74, 6) is 0.271. The molecular formula is C32H35N5O3S. The van der Waals surface area contributed by atoms with Crippen LogP contribution in [0.2, 0.25) is 0 Å². The molecule has 4 aromatic rings. The van der Waals surface area contributed by atoms with Gasteiger partial charge in [0.25, 0.3) is 0 Å². The van der Waals surface area contributed by atoms with Crippen molar-refractivity contribution in [3.05, 3.63) is 101 Å². The lowest BCUT2D eigenvalue weighted by molar-refractivity contribution is -0.119. The predicted octanol–water partition coefficient (Wildman–Crippen LogP) is 5.88. The number of hydrogen-bond acceptors (Lipinski definition) is 5. The van der Waals surface area contributed by atoms with E-state index in [-0.39, 0.29) is 24.6 Å². The van der Waals surface area contributed by atoms with Crippen LogP contribution < -0.4 is 20.3 Å². The number of benzene rings is 2. The van der Waals surface area contributed by atoms with Gasteiger partial charge in [-0.05, 0) is 99.1 Å². The summed E-state index contributed by atoms with van der Waals surface area (Å²) < 4.78 is 12.9. The second-order valence-electron chi connectivity index (χ2n) is 10.2. The van der Waals surface area contributed by atoms with Crippen LogP contribution in [0.3, 0.4) is 0 Å². The van der Waals surface area contributed by atoms with Crippen molar-refractivity contribution in [1.29, 1.82) is 0 Å². The third-order valence-corrected chi connectivity index (χ3v) is 8.03. The van der Waals surface area contributed by atoms with Gasteiger partial charge in [0.1, 0.15) is 12.4 Å². The van der Waals surface area contributed by atoms with E-state index >= 15 is 0 Å². The third-order valence-electron chi connectivity index (χ3n) is 7.71. The molecule has 3 heterocycles. The van der Waals surface area contributed by atoms with Crippen LogP contribution in [0.1, 0.15) is 45.9 Å². The molecule has 2 unspecified atom stereocenters. The van der Waals surface area contributed by atoms with E-state index in [9.17, 15) is 4.79 Å². The zero-order valence-corrected chi connectivity index (χ0v) is 25.0. The summed E-state index contributed by atoms with van der Waals surface area (Å²) >= 11 is 5.97. The zero-order valence-electron chi connectivity index (χ0n) is 24.2. The van der Waals surface area contributed by atoms with Crippen molar-refractivity contribution < 1.29 is 14.3 Å². The van der Waals surface area contributed by atoms with Gasteiger partial charge >= 0.3 is 0 Å². The number of thiocarbonyl (C=S) groups is 1. The molecule has 0 bridgehead atoms. The van der Waals surface area contributed by atoms with Crippen molar-refractivity contribution in [2.45, 2.75) is 39.8 Å². The molecule has 0 spiro atoms. The van der Waals surface area contributed by atoms with Gasteiger partial charge in [-0.1, -0.05) is 18.2 Å². The van der Waals surface area contributed by atoms with E-state index in [1.165, 1.54) is 18.2 Å². The number of pyridine rings is 1. The summed E-state index contributed by atoms with van der Waals surface area (Å²) in [6, 6.07) is 19.8. The molecule has 1 fully saturated rings. The Bertz CT molecular complexity index is 1600. The molecule has 2 aromatic carbocycles. The first-order valence-electron chi connectivity index (χ1n) is 13.5. The molecular weight excluding hydrogens is 534 g/mol. The van der Waals surface area contributed by atoms with E-state index in [2.05, 4.69) is 72.1 Å². The molecule has 2 aromatic heterocycles. The number of anilines is 2. The normalized spacial score (nSPS) is 16.5. The molecule has 212 valence electrons. The van der Waals surface area contributed by atoms with Crippen LogP contribution in [0.25, 0.3) is 5.69 Å². The second-order valence-corrected chi connectivity index (χ2v) is 10.6. The van der Waals surface area contributed by atoms with Crippen LogP contribution in [-0.4, -0.2) is 41.4 Å². The molecule has 1 aliphatic heterocycles. The summed E-state index contributed by atoms with van der Waals surface area (Å²) in [5, 5.41) is 7.01. The van der Waals surface area contributed by atoms with Gasteiger partial charge in [-0.3, -0.25) is 9.78 Å². The van der Waals surface area contributed by atoms with Gasteiger partial charge in [-0.15, -0.1) is 0 Å². The summed E-state index contributed by atoms with van der Waals surface area (Å²) in [6.45, 7) is 8.53.